The van der Waals surface area contributed by atoms with Crippen LogP contribution in [0.1, 0.15) is 56.1 Å². The minimum Gasteiger partial charge on any atom is -0.493 e. The molecule has 2 N–H and O–H groups in total. The summed E-state index contributed by atoms with van der Waals surface area (Å²) >= 11 is 0. The van der Waals surface area contributed by atoms with Gasteiger partial charge in [-0.25, -0.2) is 0 Å². The maximum Gasteiger partial charge on any atom is 0.380 e. The number of hydrogen-bond donors (Lipinski definition) is 1. The van der Waals surface area contributed by atoms with Gasteiger partial charge in [-0.05, 0) is 90.9 Å². The van der Waals surface area contributed by atoms with Gasteiger partial charge in [-0.2, -0.15) is 13.6 Å². The maximum atomic E-state index is 11.4. The average molecular weight is 392 g/mol. The number of fused-ring (bicyclic) bond motifs is 5. The number of allylic oxidation sites excluding steroid dienone is 1. The van der Waals surface area contributed by atoms with Crippen LogP contribution in [-0.4, -0.2) is 15.5 Å². The van der Waals surface area contributed by atoms with Gasteiger partial charge in [0.15, 0.2) is 11.5 Å². The second-order valence-corrected chi connectivity index (χ2v) is 9.81. The molecular formula is C21H29NO4S. The third-order valence-electron chi connectivity index (χ3n) is 7.57. The summed E-state index contributed by atoms with van der Waals surface area (Å²) in [5, 5.41) is 5.06. The Hall–Kier alpha value is -1.53. The first-order valence-corrected chi connectivity index (χ1v) is 11.3. The van der Waals surface area contributed by atoms with Gasteiger partial charge in [0.25, 0.3) is 0 Å². The van der Waals surface area contributed by atoms with Crippen molar-refractivity contribution in [3.8, 4) is 11.5 Å². The molecule has 0 amide bonds. The normalized spacial score (nSPS) is 34.9. The molecule has 0 bridgehead atoms. The van der Waals surface area contributed by atoms with Crippen LogP contribution in [0, 0.1) is 23.2 Å². The summed E-state index contributed by atoms with van der Waals surface area (Å²) < 4.78 is 33.1. The first kappa shape index (κ1) is 18.8. The van der Waals surface area contributed by atoms with Crippen molar-refractivity contribution in [1.82, 2.24) is 0 Å². The topological polar surface area (TPSA) is 78.6 Å². The summed E-state index contributed by atoms with van der Waals surface area (Å²) in [5.74, 6) is 3.17. The van der Waals surface area contributed by atoms with E-state index in [0.717, 1.165) is 30.7 Å². The zero-order valence-corrected chi connectivity index (χ0v) is 16.9. The Morgan fingerprint density at radius 1 is 1.22 bits per heavy atom. The fraction of sp³-hybridized carbons (Fsp3) is 0.619. The van der Waals surface area contributed by atoms with E-state index in [2.05, 4.69) is 19.6 Å². The first-order chi connectivity index (χ1) is 12.8. The third kappa shape index (κ3) is 3.07. The Balaban J connectivity index is 1.70. The summed E-state index contributed by atoms with van der Waals surface area (Å²) in [6, 6.07) is 3.79. The highest BCUT2D eigenvalue weighted by molar-refractivity contribution is 7.84. The summed E-state index contributed by atoms with van der Waals surface area (Å²) in [5.41, 5.74) is 2.84. The molecule has 2 saturated carbocycles. The van der Waals surface area contributed by atoms with Crippen LogP contribution in [0.15, 0.2) is 24.8 Å². The van der Waals surface area contributed by atoms with Gasteiger partial charge in [-0.1, -0.05) is 13.0 Å². The van der Waals surface area contributed by atoms with Crippen LogP contribution in [0.2, 0.25) is 0 Å². The first-order valence-electron chi connectivity index (χ1n) is 9.82. The smallest absolute Gasteiger partial charge is 0.380 e. The highest BCUT2D eigenvalue weighted by Crippen LogP contribution is 2.63. The monoisotopic (exact) mass is 391 g/mol. The Kier molecular flexibility index (Phi) is 4.54. The van der Waals surface area contributed by atoms with Gasteiger partial charge in [0.2, 0.25) is 0 Å². The van der Waals surface area contributed by atoms with Crippen molar-refractivity contribution in [1.29, 1.82) is 0 Å². The molecule has 148 valence electrons. The van der Waals surface area contributed by atoms with Crippen LogP contribution in [0.5, 0.6) is 11.5 Å². The molecule has 4 unspecified atom stereocenters. The van der Waals surface area contributed by atoms with Crippen molar-refractivity contribution in [2.75, 3.05) is 7.11 Å². The van der Waals surface area contributed by atoms with Gasteiger partial charge >= 0.3 is 10.3 Å². The highest BCUT2D eigenvalue weighted by Gasteiger charge is 2.53. The second kappa shape index (κ2) is 6.52. The number of ether oxygens (including phenoxy) is 1. The summed E-state index contributed by atoms with van der Waals surface area (Å²) in [7, 11) is -2.55. The van der Waals surface area contributed by atoms with Gasteiger partial charge in [0, 0.05) is 0 Å². The number of aryl methyl sites for hydroxylation is 1. The average Bonchev–Trinajstić information content (AvgIpc) is 2.95. The van der Waals surface area contributed by atoms with Crippen LogP contribution in [0.4, 0.5) is 0 Å². The molecule has 6 heteroatoms. The minimum atomic E-state index is -4.08. The predicted molar refractivity (Wildman–Crippen MR) is 105 cm³/mol. The van der Waals surface area contributed by atoms with Gasteiger partial charge < -0.3 is 8.92 Å². The van der Waals surface area contributed by atoms with Crippen molar-refractivity contribution in [2.24, 2.45) is 28.3 Å². The molecule has 0 saturated heterocycles. The Morgan fingerprint density at radius 3 is 2.67 bits per heavy atom. The number of rotatable bonds is 4. The van der Waals surface area contributed by atoms with Crippen molar-refractivity contribution in [3.63, 3.8) is 0 Å². The number of benzene rings is 1. The van der Waals surface area contributed by atoms with Gasteiger partial charge in [0.05, 0.1) is 7.11 Å². The Labute approximate surface area is 162 Å². The van der Waals surface area contributed by atoms with E-state index in [-0.39, 0.29) is 5.75 Å². The lowest BCUT2D eigenvalue weighted by Crippen LogP contribution is -2.42. The van der Waals surface area contributed by atoms with E-state index >= 15 is 0 Å². The molecule has 0 spiro atoms. The zero-order chi connectivity index (χ0) is 19.4. The lowest BCUT2D eigenvalue weighted by Gasteiger charge is -2.50. The number of hydrogen-bond acceptors (Lipinski definition) is 4. The summed E-state index contributed by atoms with van der Waals surface area (Å²) in [6.45, 7) is 6.56. The highest BCUT2D eigenvalue weighted by atomic mass is 32.2. The van der Waals surface area contributed by atoms with E-state index < -0.39 is 10.3 Å². The van der Waals surface area contributed by atoms with Crippen molar-refractivity contribution in [3.05, 3.63) is 35.9 Å². The lowest BCUT2D eigenvalue weighted by atomic mass is 9.54. The van der Waals surface area contributed by atoms with Crippen LogP contribution >= 0.6 is 0 Å². The fourth-order valence-electron chi connectivity index (χ4n) is 6.36. The lowest BCUT2D eigenvalue weighted by molar-refractivity contribution is 0.0410. The van der Waals surface area contributed by atoms with E-state index in [4.69, 9.17) is 14.1 Å². The van der Waals surface area contributed by atoms with Crippen molar-refractivity contribution < 1.29 is 17.3 Å². The molecule has 1 aromatic rings. The molecule has 0 heterocycles. The van der Waals surface area contributed by atoms with Crippen LogP contribution in [0.3, 0.4) is 0 Å². The largest absolute Gasteiger partial charge is 0.493 e. The predicted octanol–water partition coefficient (Wildman–Crippen LogP) is 3.94. The van der Waals surface area contributed by atoms with Gasteiger partial charge in [-0.3, -0.25) is 0 Å². The minimum absolute atomic E-state index is 0.186. The molecule has 0 aliphatic heterocycles. The molecule has 2 fully saturated rings. The van der Waals surface area contributed by atoms with E-state index in [1.807, 2.05) is 12.1 Å². The summed E-state index contributed by atoms with van der Waals surface area (Å²) in [4.78, 5) is 0. The van der Waals surface area contributed by atoms with Crippen molar-refractivity contribution in [2.45, 2.75) is 51.4 Å². The molecule has 0 radical (unpaired) electrons. The van der Waals surface area contributed by atoms with Crippen LogP contribution in [0.25, 0.3) is 0 Å². The quantitative estimate of drug-likeness (QED) is 0.789. The zero-order valence-electron chi connectivity index (χ0n) is 16.1. The Morgan fingerprint density at radius 2 is 2.00 bits per heavy atom. The summed E-state index contributed by atoms with van der Waals surface area (Å²) in [6.07, 6.45) is 9.17. The molecular weight excluding hydrogens is 362 g/mol. The van der Waals surface area contributed by atoms with Crippen molar-refractivity contribution >= 4 is 10.3 Å². The molecule has 27 heavy (non-hydrogen) atoms. The molecule has 4 rings (SSSR count). The standard InChI is InChI=1S/C21H29NO4S/c1-4-14-6-8-18-16-7-5-13-11-20(26-27(22,23)24)19(25-3)12-17(13)15(16)9-10-21(14,18)2/h4,11-12,14-16,18H,1,5-10H2,2-3H3,(H2,22,23,24)/t14?,15?,16?,18?,21-/m1/s1. The van der Waals surface area contributed by atoms with Gasteiger partial charge in [0.1, 0.15) is 0 Å². The molecule has 0 aromatic heterocycles. The van der Waals surface area contributed by atoms with E-state index in [1.165, 1.54) is 31.9 Å². The SMILES string of the molecule is C=CC1CCC2C3CCc4cc(OS(N)(=O)=O)c(OC)cc4C3CC[C@]12C. The van der Waals surface area contributed by atoms with E-state index in [1.54, 1.807) is 0 Å². The van der Waals surface area contributed by atoms with Gasteiger partial charge in [-0.15, -0.1) is 6.58 Å². The molecule has 3 aliphatic carbocycles. The van der Waals surface area contributed by atoms with E-state index in [0.29, 0.717) is 28.9 Å². The number of methoxy groups -OCH3 is 1. The van der Waals surface area contributed by atoms with E-state index in [9.17, 15) is 8.42 Å². The third-order valence-corrected chi connectivity index (χ3v) is 7.98. The molecule has 1 aromatic carbocycles. The Bertz CT molecular complexity index is 865. The second-order valence-electron chi connectivity index (χ2n) is 8.66. The van der Waals surface area contributed by atoms with Crippen LogP contribution in [-0.2, 0) is 16.7 Å². The molecule has 3 aliphatic rings. The number of nitrogens with two attached hydrogens (primary N) is 1. The fourth-order valence-corrected chi connectivity index (χ4v) is 6.74. The maximum absolute atomic E-state index is 11.4. The molecule has 5 nitrogen and oxygen atoms in total. The van der Waals surface area contributed by atoms with Crippen LogP contribution < -0.4 is 14.1 Å². The molecule has 5 atom stereocenters.